The van der Waals surface area contributed by atoms with E-state index in [2.05, 4.69) is 20.6 Å². The number of rotatable bonds is 7. The second kappa shape index (κ2) is 8.79. The molecule has 0 spiro atoms. The van der Waals surface area contributed by atoms with E-state index in [9.17, 15) is 19.2 Å². The topological polar surface area (TPSA) is 141 Å². The third kappa shape index (κ3) is 5.04. The highest BCUT2D eigenvalue weighted by molar-refractivity contribution is 5.94. The summed E-state index contributed by atoms with van der Waals surface area (Å²) in [6, 6.07) is 13.5. The van der Waals surface area contributed by atoms with Gasteiger partial charge in [-0.2, -0.15) is 0 Å². The molecule has 3 aromatic rings. The fourth-order valence-corrected chi connectivity index (χ4v) is 2.75. The number of carbonyl (C=O) groups is 3. The number of anilines is 1. The van der Waals surface area contributed by atoms with Gasteiger partial charge in [-0.05, 0) is 16.3 Å². The van der Waals surface area contributed by atoms with Crippen molar-refractivity contribution in [2.24, 2.45) is 0 Å². The molecule has 0 aliphatic carbocycles. The van der Waals surface area contributed by atoms with E-state index in [1.807, 2.05) is 42.5 Å². The molecule has 0 fully saturated rings. The van der Waals surface area contributed by atoms with Gasteiger partial charge in [-0.25, -0.2) is 4.98 Å². The summed E-state index contributed by atoms with van der Waals surface area (Å²) >= 11 is 0. The molecule has 0 bridgehead atoms. The Morgan fingerprint density at radius 1 is 1.03 bits per heavy atom. The minimum absolute atomic E-state index is 0.156. The molecule has 0 unspecified atom stereocenters. The van der Waals surface area contributed by atoms with Crippen LogP contribution in [0.2, 0.25) is 0 Å². The van der Waals surface area contributed by atoms with E-state index in [-0.39, 0.29) is 30.9 Å². The van der Waals surface area contributed by atoms with Gasteiger partial charge in [0.05, 0.1) is 6.42 Å². The van der Waals surface area contributed by atoms with Crippen molar-refractivity contribution in [3.63, 3.8) is 0 Å². The van der Waals surface area contributed by atoms with Gasteiger partial charge in [-0.1, -0.05) is 42.5 Å². The van der Waals surface area contributed by atoms with Crippen molar-refractivity contribution < 1.29 is 19.5 Å². The molecule has 4 N–H and O–H groups in total. The van der Waals surface area contributed by atoms with Crippen LogP contribution in [-0.2, 0) is 16.1 Å². The first kappa shape index (κ1) is 19.7. The van der Waals surface area contributed by atoms with Crippen molar-refractivity contribution in [1.29, 1.82) is 0 Å². The zero-order chi connectivity index (χ0) is 20.8. The molecule has 148 valence electrons. The van der Waals surface area contributed by atoms with Crippen LogP contribution in [0.25, 0.3) is 10.8 Å². The van der Waals surface area contributed by atoms with Crippen LogP contribution in [-0.4, -0.2) is 32.9 Å². The maximum absolute atomic E-state index is 12.4. The lowest BCUT2D eigenvalue weighted by Gasteiger charge is -2.09. The molecule has 0 atom stereocenters. The average molecular weight is 394 g/mol. The number of aromatic nitrogens is 2. The monoisotopic (exact) mass is 394 g/mol. The third-order valence-electron chi connectivity index (χ3n) is 4.19. The van der Waals surface area contributed by atoms with Gasteiger partial charge in [0.15, 0.2) is 0 Å². The summed E-state index contributed by atoms with van der Waals surface area (Å²) in [5.41, 5.74) is -0.0131. The summed E-state index contributed by atoms with van der Waals surface area (Å²) in [4.78, 5) is 52.7. The predicted octanol–water partition coefficient (Wildman–Crippen LogP) is 1.66. The number of carbonyl (C=O) groups excluding carboxylic acids is 2. The number of benzene rings is 2. The van der Waals surface area contributed by atoms with E-state index < -0.39 is 23.3 Å². The Kier molecular flexibility index (Phi) is 5.98. The summed E-state index contributed by atoms with van der Waals surface area (Å²) in [5, 5.41) is 15.6. The number of hydrogen-bond acceptors (Lipinski definition) is 5. The Morgan fingerprint density at radius 3 is 2.55 bits per heavy atom. The molecule has 9 nitrogen and oxygen atoms in total. The molecule has 3 rings (SSSR count). The highest BCUT2D eigenvalue weighted by Crippen LogP contribution is 2.18. The summed E-state index contributed by atoms with van der Waals surface area (Å²) in [5.74, 6) is -2.48. The van der Waals surface area contributed by atoms with E-state index in [1.54, 1.807) is 0 Å². The van der Waals surface area contributed by atoms with Gasteiger partial charge in [0, 0.05) is 19.2 Å². The summed E-state index contributed by atoms with van der Waals surface area (Å²) in [7, 11) is 0. The first-order valence-corrected chi connectivity index (χ1v) is 8.80. The molecular formula is C20H18N4O5. The van der Waals surface area contributed by atoms with E-state index >= 15 is 0 Å². The number of aromatic amines is 1. The molecule has 0 saturated heterocycles. The average Bonchev–Trinajstić information content (AvgIpc) is 2.70. The minimum Gasteiger partial charge on any atom is -0.481 e. The molecule has 0 radical (unpaired) electrons. The van der Waals surface area contributed by atoms with Gasteiger partial charge in [0.1, 0.15) is 5.56 Å². The smallest absolute Gasteiger partial charge is 0.303 e. The number of fused-ring (bicyclic) bond motifs is 1. The molecular weight excluding hydrogens is 376 g/mol. The molecule has 0 aliphatic heterocycles. The zero-order valence-electron chi connectivity index (χ0n) is 15.3. The van der Waals surface area contributed by atoms with Gasteiger partial charge < -0.3 is 10.4 Å². The SMILES string of the molecule is O=C(O)CCC(=O)Nc1ncc(C(=O)NCc2cccc3ccccc23)c(=O)[nH]1. The summed E-state index contributed by atoms with van der Waals surface area (Å²) in [6.45, 7) is 0.229. The number of nitrogens with one attached hydrogen (secondary N) is 3. The quantitative estimate of drug-likeness (QED) is 0.480. The lowest BCUT2D eigenvalue weighted by molar-refractivity contribution is -0.138. The maximum Gasteiger partial charge on any atom is 0.303 e. The van der Waals surface area contributed by atoms with Crippen molar-refractivity contribution in [2.45, 2.75) is 19.4 Å². The van der Waals surface area contributed by atoms with Crippen LogP contribution in [0.1, 0.15) is 28.8 Å². The van der Waals surface area contributed by atoms with Crippen LogP contribution in [0.3, 0.4) is 0 Å². The van der Waals surface area contributed by atoms with Crippen LogP contribution >= 0.6 is 0 Å². The Balaban J connectivity index is 1.66. The number of carboxylic acid groups (broad SMARTS) is 1. The van der Waals surface area contributed by atoms with Gasteiger partial charge in [-0.15, -0.1) is 0 Å². The maximum atomic E-state index is 12.4. The fraction of sp³-hybridized carbons (Fsp3) is 0.150. The van der Waals surface area contributed by atoms with Gasteiger partial charge in [0.2, 0.25) is 11.9 Å². The van der Waals surface area contributed by atoms with Gasteiger partial charge in [0.25, 0.3) is 11.5 Å². The van der Waals surface area contributed by atoms with Crippen LogP contribution in [0.5, 0.6) is 0 Å². The second-order valence-electron chi connectivity index (χ2n) is 6.24. The van der Waals surface area contributed by atoms with Crippen molar-refractivity contribution in [2.75, 3.05) is 5.32 Å². The fourth-order valence-electron chi connectivity index (χ4n) is 2.75. The molecule has 0 saturated carbocycles. The highest BCUT2D eigenvalue weighted by atomic mass is 16.4. The number of hydrogen-bond donors (Lipinski definition) is 4. The number of H-pyrrole nitrogens is 1. The van der Waals surface area contributed by atoms with Gasteiger partial charge in [-0.3, -0.25) is 29.5 Å². The highest BCUT2D eigenvalue weighted by Gasteiger charge is 2.14. The Morgan fingerprint density at radius 2 is 1.79 bits per heavy atom. The lowest BCUT2D eigenvalue weighted by atomic mass is 10.0. The van der Waals surface area contributed by atoms with E-state index in [0.717, 1.165) is 22.5 Å². The molecule has 29 heavy (non-hydrogen) atoms. The van der Waals surface area contributed by atoms with Gasteiger partial charge >= 0.3 is 5.97 Å². The second-order valence-corrected chi connectivity index (χ2v) is 6.24. The normalized spacial score (nSPS) is 10.5. The minimum atomic E-state index is -1.11. The van der Waals surface area contributed by atoms with E-state index in [0.29, 0.717) is 0 Å². The zero-order valence-corrected chi connectivity index (χ0v) is 15.3. The third-order valence-corrected chi connectivity index (χ3v) is 4.19. The van der Waals surface area contributed by atoms with Crippen LogP contribution in [0.4, 0.5) is 5.95 Å². The van der Waals surface area contributed by atoms with Crippen molar-refractivity contribution in [1.82, 2.24) is 15.3 Å². The van der Waals surface area contributed by atoms with E-state index in [4.69, 9.17) is 5.11 Å². The standard InChI is InChI=1S/C20H18N4O5/c25-16(8-9-17(26)27)23-20-22-11-15(19(29)24-20)18(28)21-10-13-6-3-5-12-4-1-2-7-14(12)13/h1-7,11H,8-10H2,(H,21,28)(H,26,27)(H2,22,23,24,25,29). The first-order chi connectivity index (χ1) is 13.9. The molecule has 0 aliphatic rings. The Bertz CT molecular complexity index is 1130. The van der Waals surface area contributed by atoms with Crippen molar-refractivity contribution >= 4 is 34.5 Å². The number of nitrogens with zero attached hydrogens (tertiary/aromatic N) is 1. The number of carboxylic acids is 1. The lowest BCUT2D eigenvalue weighted by Crippen LogP contribution is -2.30. The molecule has 1 heterocycles. The number of amides is 2. The summed E-state index contributed by atoms with van der Waals surface area (Å²) in [6.07, 6.45) is 0.459. The first-order valence-electron chi connectivity index (χ1n) is 8.80. The molecule has 2 aromatic carbocycles. The molecule has 2 amide bonds. The van der Waals surface area contributed by atoms with Crippen LogP contribution in [0.15, 0.2) is 53.5 Å². The van der Waals surface area contributed by atoms with Crippen LogP contribution in [0, 0.1) is 0 Å². The molecule has 9 heteroatoms. The van der Waals surface area contributed by atoms with E-state index in [1.165, 1.54) is 0 Å². The molecule has 1 aromatic heterocycles. The Labute approximate surface area is 164 Å². The van der Waals surface area contributed by atoms with Crippen LogP contribution < -0.4 is 16.2 Å². The van der Waals surface area contributed by atoms with Crippen molar-refractivity contribution in [3.05, 3.63) is 70.1 Å². The predicted molar refractivity (Wildman–Crippen MR) is 105 cm³/mol. The summed E-state index contributed by atoms with van der Waals surface area (Å²) < 4.78 is 0. The largest absolute Gasteiger partial charge is 0.481 e. The Hall–Kier alpha value is -4.01. The van der Waals surface area contributed by atoms with Crippen molar-refractivity contribution in [3.8, 4) is 0 Å². The number of aliphatic carboxylic acids is 1.